The first-order chi connectivity index (χ1) is 7.69. The smallest absolute Gasteiger partial charge is 0.449 e. The quantitative estimate of drug-likeness (QED) is 0.825. The van der Waals surface area contributed by atoms with E-state index in [4.69, 9.17) is 9.84 Å². The van der Waals surface area contributed by atoms with E-state index in [0.29, 0.717) is 12.1 Å². The molecular formula is C9H8N2O4S. The number of pyridine rings is 1. The Morgan fingerprint density at radius 2 is 2.44 bits per heavy atom. The van der Waals surface area contributed by atoms with E-state index in [1.807, 2.05) is 0 Å². The van der Waals surface area contributed by atoms with E-state index in [-0.39, 0.29) is 5.75 Å². The van der Waals surface area contributed by atoms with Gasteiger partial charge in [0.15, 0.2) is 5.75 Å². The van der Waals surface area contributed by atoms with E-state index in [0.717, 1.165) is 9.84 Å². The van der Waals surface area contributed by atoms with Gasteiger partial charge in [-0.3, -0.25) is 0 Å². The second-order valence-electron chi connectivity index (χ2n) is 2.90. The van der Waals surface area contributed by atoms with Crippen molar-refractivity contribution in [1.29, 1.82) is 0 Å². The lowest BCUT2D eigenvalue weighted by molar-refractivity contribution is 0.144. The molecule has 2 heterocycles. The lowest BCUT2D eigenvalue weighted by Crippen LogP contribution is -2.02. The Bertz CT molecular complexity index is 525. The van der Waals surface area contributed by atoms with Crippen LogP contribution in [0.25, 0.3) is 10.3 Å². The molecule has 0 amide bonds. The minimum atomic E-state index is -1.37. The third-order valence-electron chi connectivity index (χ3n) is 1.74. The number of aromatic nitrogens is 2. The average molecular weight is 240 g/mol. The molecule has 0 aliphatic carbocycles. The zero-order valence-corrected chi connectivity index (χ0v) is 9.15. The van der Waals surface area contributed by atoms with Gasteiger partial charge in [-0.1, -0.05) is 11.3 Å². The second-order valence-corrected chi connectivity index (χ2v) is 3.97. The van der Waals surface area contributed by atoms with Gasteiger partial charge in [-0.2, -0.15) is 0 Å². The molecule has 0 aliphatic heterocycles. The number of hydrogen-bond donors (Lipinski definition) is 1. The van der Waals surface area contributed by atoms with Gasteiger partial charge in [0.2, 0.25) is 0 Å². The number of nitrogens with zero attached hydrogens (tertiary/aromatic N) is 2. The lowest BCUT2D eigenvalue weighted by Gasteiger charge is -1.96. The summed E-state index contributed by atoms with van der Waals surface area (Å²) in [5.41, 5.74) is 0.607. The fourth-order valence-electron chi connectivity index (χ4n) is 1.19. The highest BCUT2D eigenvalue weighted by molar-refractivity contribution is 7.18. The molecule has 0 saturated carbocycles. The molecule has 1 N–H and O–H groups in total. The largest absolute Gasteiger partial charge is 0.511 e. The van der Waals surface area contributed by atoms with Crippen molar-refractivity contribution in [3.05, 3.63) is 17.3 Å². The molecule has 0 saturated heterocycles. The molecule has 84 valence electrons. The molecule has 2 aromatic heterocycles. The minimum Gasteiger partial charge on any atom is -0.449 e. The minimum absolute atomic E-state index is 0.161. The Kier molecular flexibility index (Phi) is 2.97. The van der Waals surface area contributed by atoms with Crippen LogP contribution in [-0.4, -0.2) is 28.3 Å². The van der Waals surface area contributed by atoms with Crippen LogP contribution < -0.4 is 4.74 Å². The molecule has 0 spiro atoms. The van der Waals surface area contributed by atoms with Gasteiger partial charge in [-0.05, 0) is 0 Å². The van der Waals surface area contributed by atoms with Crippen molar-refractivity contribution < 1.29 is 19.4 Å². The SMILES string of the molecule is COCc1nc2cc(OC(=O)O)cnc2s1. The molecule has 0 fully saturated rings. The van der Waals surface area contributed by atoms with Gasteiger partial charge in [-0.15, -0.1) is 0 Å². The van der Waals surface area contributed by atoms with Crippen LogP contribution in [0.4, 0.5) is 4.79 Å². The van der Waals surface area contributed by atoms with Crippen molar-refractivity contribution in [2.45, 2.75) is 6.61 Å². The van der Waals surface area contributed by atoms with Crippen LogP contribution in [0.3, 0.4) is 0 Å². The van der Waals surface area contributed by atoms with Gasteiger partial charge in [0, 0.05) is 13.2 Å². The van der Waals surface area contributed by atoms with Crippen LogP contribution in [0.5, 0.6) is 5.75 Å². The first-order valence-electron chi connectivity index (χ1n) is 4.34. The van der Waals surface area contributed by atoms with E-state index in [2.05, 4.69) is 14.7 Å². The van der Waals surface area contributed by atoms with Crippen molar-refractivity contribution in [2.24, 2.45) is 0 Å². The number of rotatable bonds is 3. The highest BCUT2D eigenvalue weighted by Crippen LogP contribution is 2.23. The Hall–Kier alpha value is -1.73. The van der Waals surface area contributed by atoms with Crippen LogP contribution in [-0.2, 0) is 11.3 Å². The average Bonchev–Trinajstić information content (AvgIpc) is 2.59. The molecule has 16 heavy (non-hydrogen) atoms. The molecule has 0 radical (unpaired) electrons. The number of carboxylic acid groups (broad SMARTS) is 1. The van der Waals surface area contributed by atoms with Crippen LogP contribution in [0.2, 0.25) is 0 Å². The summed E-state index contributed by atoms with van der Waals surface area (Å²) in [6.07, 6.45) is -0.0147. The maximum Gasteiger partial charge on any atom is 0.511 e. The summed E-state index contributed by atoms with van der Waals surface area (Å²) in [4.78, 5) is 19.3. The van der Waals surface area contributed by atoms with Gasteiger partial charge < -0.3 is 14.6 Å². The number of carbonyl (C=O) groups is 1. The molecule has 2 aromatic rings. The molecule has 0 aliphatic rings. The van der Waals surface area contributed by atoms with Crippen LogP contribution in [0, 0.1) is 0 Å². The lowest BCUT2D eigenvalue weighted by atomic mass is 10.4. The third-order valence-corrected chi connectivity index (χ3v) is 2.69. The highest BCUT2D eigenvalue weighted by atomic mass is 32.1. The summed E-state index contributed by atoms with van der Waals surface area (Å²) >= 11 is 1.40. The van der Waals surface area contributed by atoms with Gasteiger partial charge in [-0.25, -0.2) is 14.8 Å². The zero-order valence-electron chi connectivity index (χ0n) is 8.34. The number of thiazole rings is 1. The monoisotopic (exact) mass is 240 g/mol. The van der Waals surface area contributed by atoms with Gasteiger partial charge in [0.05, 0.1) is 12.8 Å². The standard InChI is InChI=1S/C9H8N2O4S/c1-14-4-7-11-6-2-5(15-9(12)13)3-10-8(6)16-7/h2-3H,4H2,1H3,(H,12,13). The number of hydrogen-bond acceptors (Lipinski definition) is 6. The number of methoxy groups -OCH3 is 1. The molecule has 6 nitrogen and oxygen atoms in total. The van der Waals surface area contributed by atoms with Crippen molar-refractivity contribution in [3.63, 3.8) is 0 Å². The van der Waals surface area contributed by atoms with Crippen LogP contribution in [0.1, 0.15) is 5.01 Å². The van der Waals surface area contributed by atoms with E-state index < -0.39 is 6.16 Å². The molecule has 0 unspecified atom stereocenters. The number of ether oxygens (including phenoxy) is 2. The van der Waals surface area contributed by atoms with Crippen molar-refractivity contribution in [2.75, 3.05) is 7.11 Å². The molecule has 0 bridgehead atoms. The van der Waals surface area contributed by atoms with Crippen LogP contribution in [0.15, 0.2) is 12.3 Å². The maximum absolute atomic E-state index is 10.3. The first-order valence-corrected chi connectivity index (χ1v) is 5.16. The van der Waals surface area contributed by atoms with Crippen LogP contribution >= 0.6 is 11.3 Å². The van der Waals surface area contributed by atoms with E-state index in [9.17, 15) is 4.79 Å². The normalized spacial score (nSPS) is 10.6. The summed E-state index contributed by atoms with van der Waals surface area (Å²) < 4.78 is 9.43. The van der Waals surface area contributed by atoms with E-state index in [1.165, 1.54) is 23.6 Å². The first kappa shape index (κ1) is 10.8. The number of fused-ring (bicyclic) bond motifs is 1. The fraction of sp³-hybridized carbons (Fsp3) is 0.222. The Morgan fingerprint density at radius 1 is 1.62 bits per heavy atom. The van der Waals surface area contributed by atoms with Gasteiger partial charge in [0.1, 0.15) is 15.4 Å². The van der Waals surface area contributed by atoms with Crippen molar-refractivity contribution in [1.82, 2.24) is 9.97 Å². The maximum atomic E-state index is 10.3. The summed E-state index contributed by atoms with van der Waals surface area (Å²) in [5, 5.41) is 9.23. The summed E-state index contributed by atoms with van der Waals surface area (Å²) in [5.74, 6) is 0.161. The third kappa shape index (κ3) is 2.26. The Labute approximate surface area is 94.5 Å². The second kappa shape index (κ2) is 4.42. The highest BCUT2D eigenvalue weighted by Gasteiger charge is 2.08. The summed E-state index contributed by atoms with van der Waals surface area (Å²) in [6.45, 7) is 0.413. The summed E-state index contributed by atoms with van der Waals surface area (Å²) in [7, 11) is 1.58. The van der Waals surface area contributed by atoms with Gasteiger partial charge >= 0.3 is 6.16 Å². The zero-order chi connectivity index (χ0) is 11.5. The van der Waals surface area contributed by atoms with Gasteiger partial charge in [0.25, 0.3) is 0 Å². The van der Waals surface area contributed by atoms with Crippen molar-refractivity contribution >= 4 is 27.8 Å². The van der Waals surface area contributed by atoms with E-state index in [1.54, 1.807) is 7.11 Å². The topological polar surface area (TPSA) is 81.5 Å². The Balaban J connectivity index is 2.33. The predicted octanol–water partition coefficient (Wildman–Crippen LogP) is 1.89. The molecule has 0 atom stereocenters. The molecule has 2 rings (SSSR count). The molecular weight excluding hydrogens is 232 g/mol. The van der Waals surface area contributed by atoms with Crippen molar-refractivity contribution in [3.8, 4) is 5.75 Å². The molecule has 7 heteroatoms. The predicted molar refractivity (Wildman–Crippen MR) is 56.8 cm³/mol. The fourth-order valence-corrected chi connectivity index (χ4v) is 2.05. The molecule has 0 aromatic carbocycles. The van der Waals surface area contributed by atoms with E-state index >= 15 is 0 Å². The Morgan fingerprint density at radius 3 is 3.12 bits per heavy atom. The summed E-state index contributed by atoms with van der Waals surface area (Å²) in [6, 6.07) is 1.53.